The lowest BCUT2D eigenvalue weighted by Gasteiger charge is -2.09. The number of nitrogens with one attached hydrogen (secondary N) is 1. The molecule has 0 heterocycles. The third-order valence-corrected chi connectivity index (χ3v) is 3.48. The first-order valence-electron chi connectivity index (χ1n) is 5.40. The minimum atomic E-state index is -0.314. The summed E-state index contributed by atoms with van der Waals surface area (Å²) in [5, 5.41) is 2.89. The van der Waals surface area contributed by atoms with E-state index in [2.05, 4.69) is 5.32 Å². The molecule has 0 radical (unpaired) electrons. The van der Waals surface area contributed by atoms with Gasteiger partial charge in [-0.25, -0.2) is 4.39 Å². The number of hydrogen-bond acceptors (Lipinski definition) is 3. The van der Waals surface area contributed by atoms with E-state index in [1.54, 1.807) is 19.1 Å². The Morgan fingerprint density at radius 3 is 2.88 bits per heavy atom. The average molecular weight is 256 g/mol. The van der Waals surface area contributed by atoms with Crippen molar-refractivity contribution in [2.24, 2.45) is 5.73 Å². The maximum Gasteiger partial charge on any atom is 0.234 e. The Morgan fingerprint density at radius 1 is 1.59 bits per heavy atom. The first-order chi connectivity index (χ1) is 8.02. The SMILES string of the molecule is Cc1ccc(NC(=O)CSC(C)CN)cc1F. The van der Waals surface area contributed by atoms with Gasteiger partial charge in [0.25, 0.3) is 0 Å². The average Bonchev–Trinajstić information content (AvgIpc) is 2.31. The first kappa shape index (κ1) is 14.0. The summed E-state index contributed by atoms with van der Waals surface area (Å²) >= 11 is 1.48. The van der Waals surface area contributed by atoms with Crippen LogP contribution in [-0.2, 0) is 4.79 Å². The summed E-state index contributed by atoms with van der Waals surface area (Å²) in [6.45, 7) is 4.18. The van der Waals surface area contributed by atoms with E-state index in [4.69, 9.17) is 5.73 Å². The van der Waals surface area contributed by atoms with Gasteiger partial charge >= 0.3 is 0 Å². The van der Waals surface area contributed by atoms with Crippen molar-refractivity contribution in [1.82, 2.24) is 0 Å². The van der Waals surface area contributed by atoms with Crippen LogP contribution in [0.1, 0.15) is 12.5 Å². The molecule has 0 spiro atoms. The van der Waals surface area contributed by atoms with Gasteiger partial charge < -0.3 is 11.1 Å². The summed E-state index contributed by atoms with van der Waals surface area (Å²) in [6.07, 6.45) is 0. The van der Waals surface area contributed by atoms with Crippen LogP contribution < -0.4 is 11.1 Å². The smallest absolute Gasteiger partial charge is 0.234 e. The fourth-order valence-electron chi connectivity index (χ4n) is 1.15. The highest BCUT2D eigenvalue weighted by Gasteiger charge is 2.07. The molecular formula is C12H17FN2OS. The number of halogens is 1. The molecule has 0 fully saturated rings. The molecule has 1 amide bonds. The normalized spacial score (nSPS) is 12.2. The van der Waals surface area contributed by atoms with E-state index in [-0.39, 0.29) is 17.0 Å². The van der Waals surface area contributed by atoms with Crippen LogP contribution in [0.15, 0.2) is 18.2 Å². The molecule has 1 rings (SSSR count). The van der Waals surface area contributed by atoms with Crippen molar-refractivity contribution in [3.05, 3.63) is 29.6 Å². The van der Waals surface area contributed by atoms with Crippen molar-refractivity contribution in [2.75, 3.05) is 17.6 Å². The first-order valence-corrected chi connectivity index (χ1v) is 6.45. The van der Waals surface area contributed by atoms with Crippen molar-refractivity contribution in [1.29, 1.82) is 0 Å². The maximum absolute atomic E-state index is 13.2. The Kier molecular flexibility index (Phi) is 5.44. The number of rotatable bonds is 5. The van der Waals surface area contributed by atoms with Crippen LogP contribution in [-0.4, -0.2) is 23.5 Å². The molecule has 1 unspecified atom stereocenters. The highest BCUT2D eigenvalue weighted by Crippen LogP contribution is 2.15. The molecule has 5 heteroatoms. The van der Waals surface area contributed by atoms with E-state index in [0.29, 0.717) is 23.5 Å². The topological polar surface area (TPSA) is 55.1 Å². The van der Waals surface area contributed by atoms with E-state index in [9.17, 15) is 9.18 Å². The van der Waals surface area contributed by atoms with E-state index in [1.165, 1.54) is 17.8 Å². The summed E-state index contributed by atoms with van der Waals surface area (Å²) in [6, 6.07) is 4.65. The molecule has 0 aliphatic heterocycles. The van der Waals surface area contributed by atoms with E-state index < -0.39 is 0 Å². The van der Waals surface area contributed by atoms with Gasteiger partial charge in [0.05, 0.1) is 5.75 Å². The largest absolute Gasteiger partial charge is 0.329 e. The molecule has 0 saturated heterocycles. The molecule has 17 heavy (non-hydrogen) atoms. The Hall–Kier alpha value is -1.07. The third-order valence-electron chi connectivity index (χ3n) is 2.29. The molecule has 1 aromatic rings. The summed E-state index contributed by atoms with van der Waals surface area (Å²) in [7, 11) is 0. The van der Waals surface area contributed by atoms with Crippen LogP contribution in [0.3, 0.4) is 0 Å². The Balaban J connectivity index is 2.48. The minimum Gasteiger partial charge on any atom is -0.329 e. The predicted molar refractivity (Wildman–Crippen MR) is 70.7 cm³/mol. The molecule has 0 aromatic heterocycles. The Labute approximate surface area is 105 Å². The highest BCUT2D eigenvalue weighted by molar-refractivity contribution is 8.00. The number of nitrogens with two attached hydrogens (primary N) is 1. The predicted octanol–water partition coefficient (Wildman–Crippen LogP) is 2.15. The summed E-state index contributed by atoms with van der Waals surface area (Å²) < 4.78 is 13.2. The van der Waals surface area contributed by atoms with Crippen LogP contribution in [0, 0.1) is 12.7 Å². The lowest BCUT2D eigenvalue weighted by atomic mass is 10.2. The molecule has 0 saturated carbocycles. The van der Waals surface area contributed by atoms with Crippen LogP contribution >= 0.6 is 11.8 Å². The van der Waals surface area contributed by atoms with Crippen molar-refractivity contribution in [3.8, 4) is 0 Å². The Morgan fingerprint density at radius 2 is 2.29 bits per heavy atom. The lowest BCUT2D eigenvalue weighted by Crippen LogP contribution is -2.19. The van der Waals surface area contributed by atoms with Gasteiger partial charge in [-0.2, -0.15) is 0 Å². The van der Waals surface area contributed by atoms with E-state index >= 15 is 0 Å². The zero-order chi connectivity index (χ0) is 12.8. The fraction of sp³-hybridized carbons (Fsp3) is 0.417. The molecule has 94 valence electrons. The third kappa shape index (κ3) is 4.75. The molecule has 1 atom stereocenters. The highest BCUT2D eigenvalue weighted by atomic mass is 32.2. The standard InChI is InChI=1S/C12H17FN2OS/c1-8-3-4-10(5-11(8)13)15-12(16)7-17-9(2)6-14/h3-5,9H,6-7,14H2,1-2H3,(H,15,16). The van der Waals surface area contributed by atoms with Gasteiger partial charge in [-0.3, -0.25) is 4.79 Å². The molecule has 0 aliphatic carbocycles. The van der Waals surface area contributed by atoms with Crippen molar-refractivity contribution in [2.45, 2.75) is 19.1 Å². The Bertz CT molecular complexity index is 398. The van der Waals surface area contributed by atoms with E-state index in [1.807, 2.05) is 6.92 Å². The number of anilines is 1. The molecule has 1 aromatic carbocycles. The number of carbonyl (C=O) groups excluding carboxylic acids is 1. The maximum atomic E-state index is 13.2. The van der Waals surface area contributed by atoms with Crippen LogP contribution in [0.25, 0.3) is 0 Å². The molecule has 0 bridgehead atoms. The summed E-state index contributed by atoms with van der Waals surface area (Å²) in [5.41, 5.74) is 6.49. The number of aryl methyl sites for hydroxylation is 1. The van der Waals surface area contributed by atoms with Crippen molar-refractivity contribution >= 4 is 23.4 Å². The zero-order valence-electron chi connectivity index (χ0n) is 10.00. The minimum absolute atomic E-state index is 0.140. The lowest BCUT2D eigenvalue weighted by molar-refractivity contribution is -0.113. The van der Waals surface area contributed by atoms with Gasteiger partial charge in [-0.05, 0) is 24.6 Å². The summed E-state index contributed by atoms with van der Waals surface area (Å²) in [4.78, 5) is 11.5. The van der Waals surface area contributed by atoms with E-state index in [0.717, 1.165) is 0 Å². The van der Waals surface area contributed by atoms with Crippen molar-refractivity contribution < 1.29 is 9.18 Å². The number of benzene rings is 1. The van der Waals surface area contributed by atoms with Gasteiger partial charge in [-0.15, -0.1) is 11.8 Å². The van der Waals surface area contributed by atoms with Gasteiger partial charge in [0.2, 0.25) is 5.91 Å². The van der Waals surface area contributed by atoms with Gasteiger partial charge in [-0.1, -0.05) is 13.0 Å². The molecule has 3 N–H and O–H groups in total. The molecule has 3 nitrogen and oxygen atoms in total. The summed E-state index contributed by atoms with van der Waals surface area (Å²) in [5.74, 6) is -0.127. The van der Waals surface area contributed by atoms with Crippen LogP contribution in [0.5, 0.6) is 0 Å². The molecular weight excluding hydrogens is 239 g/mol. The molecule has 0 aliphatic rings. The van der Waals surface area contributed by atoms with Crippen LogP contribution in [0.2, 0.25) is 0 Å². The second-order valence-electron chi connectivity index (χ2n) is 3.87. The van der Waals surface area contributed by atoms with Gasteiger partial charge in [0, 0.05) is 17.5 Å². The quantitative estimate of drug-likeness (QED) is 0.848. The monoisotopic (exact) mass is 256 g/mol. The van der Waals surface area contributed by atoms with Crippen molar-refractivity contribution in [3.63, 3.8) is 0 Å². The second kappa shape index (κ2) is 6.61. The second-order valence-corrected chi connectivity index (χ2v) is 5.30. The van der Waals surface area contributed by atoms with Gasteiger partial charge in [0.1, 0.15) is 5.82 Å². The van der Waals surface area contributed by atoms with Crippen LogP contribution in [0.4, 0.5) is 10.1 Å². The zero-order valence-corrected chi connectivity index (χ0v) is 10.8. The fourth-order valence-corrected chi connectivity index (χ4v) is 1.80. The van der Waals surface area contributed by atoms with Gasteiger partial charge in [0.15, 0.2) is 0 Å². The number of hydrogen-bond donors (Lipinski definition) is 2. The number of amides is 1. The number of thioether (sulfide) groups is 1. The number of carbonyl (C=O) groups is 1.